The molecular weight excluding hydrogens is 592 g/mol. The number of hydrogen-bond acceptors (Lipinski definition) is 5. The van der Waals surface area contributed by atoms with Crippen LogP contribution in [0.4, 0.5) is 17.6 Å². The molecule has 1 aromatic rings. The van der Waals surface area contributed by atoms with Crippen LogP contribution in [0.1, 0.15) is 78.2 Å². The molecule has 45 heavy (non-hydrogen) atoms. The number of halogens is 4. The number of carbonyl (C=O) groups excluding carboxylic acids is 3. The number of nitrogens with zero attached hydrogens (tertiary/aromatic N) is 4. The van der Waals surface area contributed by atoms with Gasteiger partial charge in [0.25, 0.3) is 0 Å². The van der Waals surface area contributed by atoms with E-state index >= 15 is 4.39 Å². The van der Waals surface area contributed by atoms with Crippen LogP contribution >= 0.6 is 0 Å². The minimum atomic E-state index is -2.83. The topological polar surface area (TPSA) is 84.4 Å². The van der Waals surface area contributed by atoms with Gasteiger partial charge in [0.1, 0.15) is 17.7 Å². The third-order valence-corrected chi connectivity index (χ3v) is 9.92. The van der Waals surface area contributed by atoms with Gasteiger partial charge in [0, 0.05) is 70.1 Å². The van der Waals surface area contributed by atoms with Gasteiger partial charge >= 0.3 is 0 Å². The summed E-state index contributed by atoms with van der Waals surface area (Å²) in [4.78, 5) is 48.6. The highest BCUT2D eigenvalue weighted by molar-refractivity contribution is 5.90. The third kappa shape index (κ3) is 7.32. The van der Waals surface area contributed by atoms with Crippen molar-refractivity contribution in [1.82, 2.24) is 19.6 Å². The predicted molar refractivity (Wildman–Crippen MR) is 161 cm³/mol. The lowest BCUT2D eigenvalue weighted by Gasteiger charge is -2.43. The lowest BCUT2D eigenvalue weighted by atomic mass is 9.86. The smallest absolute Gasteiger partial charge is 0.248 e. The van der Waals surface area contributed by atoms with Crippen LogP contribution in [0, 0.1) is 23.0 Å². The van der Waals surface area contributed by atoms with Crippen molar-refractivity contribution in [2.45, 2.75) is 102 Å². The number of amides is 3. The quantitative estimate of drug-likeness (QED) is 0.451. The summed E-state index contributed by atoms with van der Waals surface area (Å²) < 4.78 is 57.3. The number of hydrogen-bond donors (Lipinski definition) is 1. The van der Waals surface area contributed by atoms with Gasteiger partial charge in [-0.05, 0) is 65.5 Å². The van der Waals surface area contributed by atoms with Crippen molar-refractivity contribution in [3.63, 3.8) is 0 Å². The molecule has 0 bridgehead atoms. The van der Waals surface area contributed by atoms with Crippen LogP contribution in [-0.4, -0.2) is 112 Å². The van der Waals surface area contributed by atoms with E-state index in [0.29, 0.717) is 6.54 Å². The normalized spacial score (nSPS) is 26.3. The predicted octanol–water partition coefficient (Wildman–Crippen LogP) is 4.26. The average molecular weight is 641 g/mol. The molecule has 2 heterocycles. The molecule has 3 aliphatic rings. The highest BCUT2D eigenvalue weighted by Gasteiger charge is 2.52. The second-order valence-electron chi connectivity index (χ2n) is 14.9. The summed E-state index contributed by atoms with van der Waals surface area (Å²) in [5.74, 6) is -6.80. The first-order valence-corrected chi connectivity index (χ1v) is 15.8. The van der Waals surface area contributed by atoms with E-state index in [1.807, 2.05) is 20.8 Å². The number of aliphatic hydroxyl groups is 1. The molecule has 1 aliphatic carbocycles. The highest BCUT2D eigenvalue weighted by atomic mass is 19.3. The molecule has 252 valence electrons. The van der Waals surface area contributed by atoms with Crippen molar-refractivity contribution in [2.75, 3.05) is 40.3 Å². The Balaban J connectivity index is 1.72. The fourth-order valence-electron chi connectivity index (χ4n) is 7.07. The molecule has 4 rings (SSSR count). The van der Waals surface area contributed by atoms with E-state index in [4.69, 9.17) is 0 Å². The molecule has 2 saturated heterocycles. The first-order valence-electron chi connectivity index (χ1n) is 15.8. The van der Waals surface area contributed by atoms with Crippen LogP contribution in [0.2, 0.25) is 0 Å². The number of rotatable bonds is 7. The number of carbonyl (C=O) groups is 3. The van der Waals surface area contributed by atoms with Crippen LogP contribution < -0.4 is 0 Å². The molecule has 1 saturated carbocycles. The summed E-state index contributed by atoms with van der Waals surface area (Å²) in [6.07, 6.45) is -0.537. The summed E-state index contributed by atoms with van der Waals surface area (Å²) in [5, 5.41) is 10.1. The average Bonchev–Trinajstić information content (AvgIpc) is 3.59. The van der Waals surface area contributed by atoms with Crippen molar-refractivity contribution < 1.29 is 37.1 Å². The van der Waals surface area contributed by atoms with Crippen LogP contribution in [-0.2, 0) is 14.4 Å². The molecular formula is C33H48F4N4O4. The van der Waals surface area contributed by atoms with Crippen molar-refractivity contribution in [2.24, 2.45) is 11.3 Å². The maximum Gasteiger partial charge on any atom is 0.248 e. The molecule has 8 nitrogen and oxygen atoms in total. The van der Waals surface area contributed by atoms with Gasteiger partial charge in [-0.1, -0.05) is 6.07 Å². The highest BCUT2D eigenvalue weighted by Crippen LogP contribution is 2.42. The Morgan fingerprint density at radius 1 is 0.978 bits per heavy atom. The van der Waals surface area contributed by atoms with E-state index < -0.39 is 65.4 Å². The Labute approximate surface area is 263 Å². The van der Waals surface area contributed by atoms with Crippen LogP contribution in [0.25, 0.3) is 0 Å². The van der Waals surface area contributed by atoms with E-state index in [-0.39, 0.29) is 68.1 Å². The van der Waals surface area contributed by atoms with Gasteiger partial charge in [-0.2, -0.15) is 0 Å². The lowest BCUT2D eigenvalue weighted by Crippen LogP contribution is -2.55. The first-order chi connectivity index (χ1) is 20.8. The zero-order valence-corrected chi connectivity index (χ0v) is 27.5. The SMILES string of the molecule is CN(C)C(=O)[C@@H]1C[C@H](N(C(=O)C(C)(C)CO)C2CCC(F)(F)CC2)CN1C(=O)[C@@H]1CN(C(C)(C)C)C[C@H]1c1ccc(F)cc1F. The van der Waals surface area contributed by atoms with Gasteiger partial charge in [0.2, 0.25) is 23.6 Å². The summed E-state index contributed by atoms with van der Waals surface area (Å²) in [7, 11) is 3.15. The number of likely N-dealkylation sites (N-methyl/N-ethyl adjacent to an activating group) is 1. The Morgan fingerprint density at radius 2 is 1.60 bits per heavy atom. The molecule has 1 N–H and O–H groups in total. The number of benzene rings is 1. The zero-order valence-electron chi connectivity index (χ0n) is 27.5. The number of aliphatic hydroxyl groups excluding tert-OH is 1. The Hall–Kier alpha value is -2.73. The van der Waals surface area contributed by atoms with E-state index in [1.54, 1.807) is 32.8 Å². The van der Waals surface area contributed by atoms with Crippen molar-refractivity contribution in [3.05, 3.63) is 35.4 Å². The second-order valence-corrected chi connectivity index (χ2v) is 14.9. The van der Waals surface area contributed by atoms with Gasteiger partial charge in [-0.15, -0.1) is 0 Å². The van der Waals surface area contributed by atoms with E-state index in [1.165, 1.54) is 21.9 Å². The van der Waals surface area contributed by atoms with Gasteiger partial charge < -0.3 is 19.8 Å². The summed E-state index contributed by atoms with van der Waals surface area (Å²) in [6.45, 7) is 9.30. The maximum absolute atomic E-state index is 15.2. The summed E-state index contributed by atoms with van der Waals surface area (Å²) in [5.41, 5.74) is -1.35. The molecule has 0 radical (unpaired) electrons. The molecule has 12 heteroatoms. The molecule has 2 aliphatic heterocycles. The minimum absolute atomic E-state index is 0.00609. The van der Waals surface area contributed by atoms with E-state index in [9.17, 15) is 32.7 Å². The van der Waals surface area contributed by atoms with Gasteiger partial charge in [-0.25, -0.2) is 17.6 Å². The standard InChI is InChI=1S/C33H48F4N4O4/c1-31(2,3)39-17-24(23-9-8-20(34)14-26(23)35)25(18-39)28(43)40-16-22(15-27(40)29(44)38(6)7)41(30(45)32(4,5)19-42)21-10-12-33(36,37)13-11-21/h8-9,14,21-22,24-25,27,42H,10-13,15-19H2,1-7H3/t22-,24-,25+,27-/m0/s1. The molecule has 1 aromatic carbocycles. The van der Waals surface area contributed by atoms with Crippen molar-refractivity contribution in [1.29, 1.82) is 0 Å². The molecule has 3 amide bonds. The second kappa shape index (κ2) is 12.8. The monoisotopic (exact) mass is 640 g/mol. The van der Waals surface area contributed by atoms with Gasteiger partial charge in [-0.3, -0.25) is 19.3 Å². The molecule has 3 fully saturated rings. The molecule has 4 atom stereocenters. The van der Waals surface area contributed by atoms with E-state index in [2.05, 4.69) is 4.90 Å². The Kier molecular flexibility index (Phi) is 10.0. The van der Waals surface area contributed by atoms with Crippen molar-refractivity contribution in [3.8, 4) is 0 Å². The Morgan fingerprint density at radius 3 is 2.13 bits per heavy atom. The van der Waals surface area contributed by atoms with Crippen LogP contribution in [0.3, 0.4) is 0 Å². The molecule has 0 spiro atoms. The fraction of sp³-hybridized carbons (Fsp3) is 0.727. The van der Waals surface area contributed by atoms with Crippen LogP contribution in [0.5, 0.6) is 0 Å². The largest absolute Gasteiger partial charge is 0.395 e. The summed E-state index contributed by atoms with van der Waals surface area (Å²) >= 11 is 0. The maximum atomic E-state index is 15.2. The molecule has 0 unspecified atom stereocenters. The molecule has 0 aromatic heterocycles. The number of likely N-dealkylation sites (tertiary alicyclic amines) is 2. The third-order valence-electron chi connectivity index (χ3n) is 9.92. The van der Waals surface area contributed by atoms with Gasteiger partial charge in [0.05, 0.1) is 24.0 Å². The van der Waals surface area contributed by atoms with Gasteiger partial charge in [0.15, 0.2) is 0 Å². The van der Waals surface area contributed by atoms with Crippen molar-refractivity contribution >= 4 is 17.7 Å². The fourth-order valence-corrected chi connectivity index (χ4v) is 7.07. The number of alkyl halides is 2. The van der Waals surface area contributed by atoms with Crippen LogP contribution in [0.15, 0.2) is 18.2 Å². The lowest BCUT2D eigenvalue weighted by molar-refractivity contribution is -0.151. The Bertz CT molecular complexity index is 1270. The summed E-state index contributed by atoms with van der Waals surface area (Å²) in [6, 6.07) is 1.22. The van der Waals surface area contributed by atoms with E-state index in [0.717, 1.165) is 6.07 Å². The minimum Gasteiger partial charge on any atom is -0.395 e. The zero-order chi connectivity index (χ0) is 33.6. The first kappa shape index (κ1) is 35.1.